The van der Waals surface area contributed by atoms with Crippen molar-refractivity contribution >= 4 is 5.84 Å². The Kier molecular flexibility index (Phi) is 1.90. The molecular formula is C9H11N3O. The molecule has 0 spiro atoms. The van der Waals surface area contributed by atoms with Crippen molar-refractivity contribution in [3.8, 4) is 5.75 Å². The molecule has 68 valence electrons. The summed E-state index contributed by atoms with van der Waals surface area (Å²) in [6, 6.07) is 5.21. The maximum Gasteiger partial charge on any atom is 0.142 e. The van der Waals surface area contributed by atoms with E-state index in [2.05, 4.69) is 10.4 Å². The standard InChI is InChI=1S/C9H11N3O/c10-12-9-8-2-1-7(13)5-6(8)3-4-11-9/h1-2,5,13H,3-4,10H2,(H,11,12). The first-order chi connectivity index (χ1) is 6.31. The fourth-order valence-electron chi connectivity index (χ4n) is 1.51. The van der Waals surface area contributed by atoms with E-state index in [9.17, 15) is 5.11 Å². The third kappa shape index (κ3) is 1.36. The minimum absolute atomic E-state index is 0.289. The number of amidine groups is 1. The highest BCUT2D eigenvalue weighted by molar-refractivity contribution is 6.00. The number of aliphatic imine (C=N–C) groups is 1. The predicted octanol–water partition coefficient (Wildman–Crippen LogP) is 0.158. The molecule has 1 aliphatic heterocycles. The Morgan fingerprint density at radius 2 is 2.31 bits per heavy atom. The van der Waals surface area contributed by atoms with Gasteiger partial charge < -0.3 is 10.5 Å². The Morgan fingerprint density at radius 1 is 1.46 bits per heavy atom. The van der Waals surface area contributed by atoms with Gasteiger partial charge in [-0.2, -0.15) is 0 Å². The summed E-state index contributed by atoms with van der Waals surface area (Å²) >= 11 is 0. The smallest absolute Gasteiger partial charge is 0.142 e. The molecule has 4 heteroatoms. The van der Waals surface area contributed by atoms with E-state index in [1.165, 1.54) is 0 Å². The van der Waals surface area contributed by atoms with Crippen molar-refractivity contribution in [2.24, 2.45) is 10.8 Å². The van der Waals surface area contributed by atoms with Gasteiger partial charge in [0.2, 0.25) is 0 Å². The summed E-state index contributed by atoms with van der Waals surface area (Å²) in [7, 11) is 0. The molecule has 1 aromatic carbocycles. The molecule has 13 heavy (non-hydrogen) atoms. The molecule has 4 nitrogen and oxygen atoms in total. The number of benzene rings is 1. The molecule has 0 saturated carbocycles. The number of phenolic OH excluding ortho intramolecular Hbond substituents is 1. The van der Waals surface area contributed by atoms with E-state index in [1.807, 2.05) is 6.07 Å². The van der Waals surface area contributed by atoms with Crippen LogP contribution in [0, 0.1) is 0 Å². The van der Waals surface area contributed by atoms with Crippen LogP contribution in [0.15, 0.2) is 23.2 Å². The summed E-state index contributed by atoms with van der Waals surface area (Å²) in [5.41, 5.74) is 4.61. The highest BCUT2D eigenvalue weighted by atomic mass is 16.3. The first-order valence-corrected chi connectivity index (χ1v) is 4.14. The van der Waals surface area contributed by atoms with E-state index in [0.717, 1.165) is 24.1 Å². The Hall–Kier alpha value is -1.55. The van der Waals surface area contributed by atoms with E-state index >= 15 is 0 Å². The predicted molar refractivity (Wildman–Crippen MR) is 50.5 cm³/mol. The molecule has 1 aliphatic rings. The van der Waals surface area contributed by atoms with E-state index in [4.69, 9.17) is 5.84 Å². The van der Waals surface area contributed by atoms with Gasteiger partial charge in [-0.05, 0) is 30.2 Å². The van der Waals surface area contributed by atoms with E-state index in [-0.39, 0.29) is 5.75 Å². The summed E-state index contributed by atoms with van der Waals surface area (Å²) in [4.78, 5) is 4.22. The van der Waals surface area contributed by atoms with Crippen LogP contribution < -0.4 is 11.3 Å². The van der Waals surface area contributed by atoms with Crippen molar-refractivity contribution in [2.45, 2.75) is 6.42 Å². The van der Waals surface area contributed by atoms with Crippen molar-refractivity contribution in [1.82, 2.24) is 5.43 Å². The molecule has 0 fully saturated rings. The fraction of sp³-hybridized carbons (Fsp3) is 0.222. The summed E-state index contributed by atoms with van der Waals surface area (Å²) < 4.78 is 0. The largest absolute Gasteiger partial charge is 0.508 e. The molecule has 4 N–H and O–H groups in total. The highest BCUT2D eigenvalue weighted by Crippen LogP contribution is 2.19. The van der Waals surface area contributed by atoms with Gasteiger partial charge in [-0.1, -0.05) is 0 Å². The van der Waals surface area contributed by atoms with Crippen LogP contribution in [-0.4, -0.2) is 17.5 Å². The normalized spacial score (nSPS) is 14.7. The summed E-state index contributed by atoms with van der Waals surface area (Å²) in [6.07, 6.45) is 0.856. The number of nitrogens with one attached hydrogen (secondary N) is 1. The van der Waals surface area contributed by atoms with Crippen LogP contribution in [0.3, 0.4) is 0 Å². The number of hydrazine groups is 1. The van der Waals surface area contributed by atoms with Crippen molar-refractivity contribution in [3.63, 3.8) is 0 Å². The minimum Gasteiger partial charge on any atom is -0.508 e. The molecule has 0 radical (unpaired) electrons. The molecule has 0 saturated heterocycles. The topological polar surface area (TPSA) is 70.6 Å². The molecule has 0 atom stereocenters. The Labute approximate surface area is 76.1 Å². The second kappa shape index (κ2) is 3.06. The zero-order chi connectivity index (χ0) is 9.26. The Bertz CT molecular complexity index is 360. The number of nitrogens with two attached hydrogens (primary N) is 1. The lowest BCUT2D eigenvalue weighted by atomic mass is 10.0. The fourth-order valence-corrected chi connectivity index (χ4v) is 1.51. The minimum atomic E-state index is 0.289. The second-order valence-corrected chi connectivity index (χ2v) is 2.97. The first kappa shape index (κ1) is 8.07. The monoisotopic (exact) mass is 177 g/mol. The SMILES string of the molecule is NNC1=NCCc2cc(O)ccc21. The molecular weight excluding hydrogens is 166 g/mol. The van der Waals surface area contributed by atoms with Crippen LogP contribution in [0.5, 0.6) is 5.75 Å². The first-order valence-electron chi connectivity index (χ1n) is 4.14. The molecule has 1 aromatic rings. The number of hydrogen-bond acceptors (Lipinski definition) is 4. The average Bonchev–Trinajstić information content (AvgIpc) is 2.16. The third-order valence-electron chi connectivity index (χ3n) is 2.13. The zero-order valence-electron chi connectivity index (χ0n) is 7.12. The van der Waals surface area contributed by atoms with Gasteiger partial charge in [0.05, 0.1) is 0 Å². The number of phenols is 1. The van der Waals surface area contributed by atoms with Gasteiger partial charge >= 0.3 is 0 Å². The second-order valence-electron chi connectivity index (χ2n) is 2.97. The van der Waals surface area contributed by atoms with Crippen molar-refractivity contribution in [3.05, 3.63) is 29.3 Å². The van der Waals surface area contributed by atoms with E-state index < -0.39 is 0 Å². The van der Waals surface area contributed by atoms with Crippen LogP contribution in [0.4, 0.5) is 0 Å². The molecule has 1 heterocycles. The summed E-state index contributed by atoms with van der Waals surface area (Å²) in [6.45, 7) is 0.718. The molecule has 0 unspecified atom stereocenters. The van der Waals surface area contributed by atoms with Gasteiger partial charge in [0, 0.05) is 12.1 Å². The Morgan fingerprint density at radius 3 is 3.08 bits per heavy atom. The molecule has 0 aromatic heterocycles. The van der Waals surface area contributed by atoms with Gasteiger partial charge in [0.1, 0.15) is 11.6 Å². The average molecular weight is 177 g/mol. The van der Waals surface area contributed by atoms with Gasteiger partial charge in [-0.15, -0.1) is 0 Å². The van der Waals surface area contributed by atoms with Gasteiger partial charge in [0.15, 0.2) is 0 Å². The number of aromatic hydroxyl groups is 1. The van der Waals surface area contributed by atoms with Crippen molar-refractivity contribution < 1.29 is 5.11 Å². The summed E-state index contributed by atoms with van der Waals surface area (Å²) in [5, 5.41) is 9.26. The van der Waals surface area contributed by atoms with Crippen LogP contribution in [0.1, 0.15) is 11.1 Å². The molecule has 0 aliphatic carbocycles. The van der Waals surface area contributed by atoms with Crippen LogP contribution in [0.25, 0.3) is 0 Å². The van der Waals surface area contributed by atoms with Crippen molar-refractivity contribution in [2.75, 3.05) is 6.54 Å². The third-order valence-corrected chi connectivity index (χ3v) is 2.13. The van der Waals surface area contributed by atoms with Gasteiger partial charge in [0.25, 0.3) is 0 Å². The van der Waals surface area contributed by atoms with E-state index in [0.29, 0.717) is 5.84 Å². The molecule has 0 amide bonds. The van der Waals surface area contributed by atoms with Crippen molar-refractivity contribution in [1.29, 1.82) is 0 Å². The van der Waals surface area contributed by atoms with Crippen LogP contribution in [-0.2, 0) is 6.42 Å². The number of hydrogen-bond donors (Lipinski definition) is 3. The molecule has 2 rings (SSSR count). The van der Waals surface area contributed by atoms with Crippen LogP contribution >= 0.6 is 0 Å². The zero-order valence-corrected chi connectivity index (χ0v) is 7.12. The highest BCUT2D eigenvalue weighted by Gasteiger charge is 2.12. The van der Waals surface area contributed by atoms with Crippen LogP contribution in [0.2, 0.25) is 0 Å². The maximum atomic E-state index is 9.26. The summed E-state index contributed by atoms with van der Waals surface area (Å²) in [5.74, 6) is 6.30. The lowest BCUT2D eigenvalue weighted by Gasteiger charge is -2.15. The van der Waals surface area contributed by atoms with E-state index in [1.54, 1.807) is 12.1 Å². The van der Waals surface area contributed by atoms with Gasteiger partial charge in [-0.3, -0.25) is 4.99 Å². The number of rotatable bonds is 0. The molecule has 0 bridgehead atoms. The maximum absolute atomic E-state index is 9.26. The Balaban J connectivity index is 2.49. The van der Waals surface area contributed by atoms with Gasteiger partial charge in [-0.25, -0.2) is 5.84 Å². The number of nitrogens with zero attached hydrogens (tertiary/aromatic N) is 1. The quantitative estimate of drug-likeness (QED) is 0.390. The lowest BCUT2D eigenvalue weighted by molar-refractivity contribution is 0.474. The lowest BCUT2D eigenvalue weighted by Crippen LogP contribution is -2.33. The number of fused-ring (bicyclic) bond motifs is 1.